The minimum absolute atomic E-state index is 0.150. The van der Waals surface area contributed by atoms with E-state index < -0.39 is 11.4 Å². The van der Waals surface area contributed by atoms with Crippen LogP contribution in [0.2, 0.25) is 0 Å². The van der Waals surface area contributed by atoms with Crippen LogP contribution in [0, 0.1) is 5.82 Å². The van der Waals surface area contributed by atoms with Gasteiger partial charge in [-0.05, 0) is 24.6 Å². The van der Waals surface area contributed by atoms with Crippen LogP contribution in [0.3, 0.4) is 0 Å². The molecular weight excluding hydrogens is 277 g/mol. The summed E-state index contributed by atoms with van der Waals surface area (Å²) in [6.07, 6.45) is 0.333. The smallest absolute Gasteiger partial charge is 0.170 e. The summed E-state index contributed by atoms with van der Waals surface area (Å²) in [4.78, 5) is 0. The number of aliphatic hydroxyl groups is 1. The van der Waals surface area contributed by atoms with E-state index >= 15 is 0 Å². The molecule has 2 unspecified atom stereocenters. The molecule has 0 saturated carbocycles. The number of halogens is 1. The van der Waals surface area contributed by atoms with Crippen LogP contribution in [0.25, 0.3) is 0 Å². The first-order chi connectivity index (χ1) is 9.96. The maximum Gasteiger partial charge on any atom is 0.170 e. The van der Waals surface area contributed by atoms with Crippen molar-refractivity contribution in [2.45, 2.75) is 31.6 Å². The molecule has 1 aromatic carbocycles. The summed E-state index contributed by atoms with van der Waals surface area (Å²) in [7, 11) is 0. The van der Waals surface area contributed by atoms with Gasteiger partial charge in [0.05, 0.1) is 6.10 Å². The lowest BCUT2D eigenvalue weighted by atomic mass is 9.96. The molecule has 1 heterocycles. The Labute approximate surface area is 122 Å². The maximum atomic E-state index is 13.3. The number of nitrogens with one attached hydrogen (secondary N) is 1. The molecule has 1 saturated heterocycles. The quantitative estimate of drug-likeness (QED) is 0.275. The van der Waals surface area contributed by atoms with Crippen LogP contribution in [0.1, 0.15) is 24.5 Å². The van der Waals surface area contributed by atoms with Crippen LogP contribution in [0.4, 0.5) is 4.39 Å². The zero-order valence-corrected chi connectivity index (χ0v) is 11.8. The summed E-state index contributed by atoms with van der Waals surface area (Å²) in [5.74, 6) is -0.612. The molecule has 5 N–H and O–H groups in total. The van der Waals surface area contributed by atoms with E-state index in [2.05, 4.69) is 10.5 Å². The van der Waals surface area contributed by atoms with Gasteiger partial charge in [0.15, 0.2) is 5.84 Å². The molecule has 6 nitrogen and oxygen atoms in total. The number of rotatable bonds is 5. The van der Waals surface area contributed by atoms with E-state index in [1.54, 1.807) is 6.07 Å². The third-order valence-electron chi connectivity index (χ3n) is 3.86. The van der Waals surface area contributed by atoms with E-state index in [4.69, 9.17) is 15.7 Å². The van der Waals surface area contributed by atoms with Gasteiger partial charge >= 0.3 is 0 Å². The fraction of sp³-hybridized carbons (Fsp3) is 0.500. The van der Waals surface area contributed by atoms with Gasteiger partial charge in [0.25, 0.3) is 0 Å². The molecule has 2 rings (SSSR count). The van der Waals surface area contributed by atoms with Crippen molar-refractivity contribution >= 4 is 5.84 Å². The lowest BCUT2D eigenvalue weighted by Crippen LogP contribution is -2.45. The molecule has 116 valence electrons. The molecule has 1 aliphatic heterocycles. The maximum absolute atomic E-state index is 13.3. The summed E-state index contributed by atoms with van der Waals surface area (Å²) in [6, 6.07) is 4.08. The highest BCUT2D eigenvalue weighted by Crippen LogP contribution is 2.24. The van der Waals surface area contributed by atoms with Crippen LogP contribution in [-0.4, -0.2) is 41.0 Å². The molecule has 2 atom stereocenters. The van der Waals surface area contributed by atoms with Crippen molar-refractivity contribution in [3.8, 4) is 0 Å². The highest BCUT2D eigenvalue weighted by atomic mass is 19.1. The third-order valence-corrected chi connectivity index (χ3v) is 3.86. The lowest BCUT2D eigenvalue weighted by Gasteiger charge is -2.26. The number of amidine groups is 1. The second-order valence-electron chi connectivity index (χ2n) is 5.26. The van der Waals surface area contributed by atoms with E-state index in [0.717, 1.165) is 0 Å². The molecule has 0 radical (unpaired) electrons. The first kappa shape index (κ1) is 15.7. The minimum Gasteiger partial charge on any atom is -0.409 e. The van der Waals surface area contributed by atoms with Gasteiger partial charge in [0, 0.05) is 31.7 Å². The van der Waals surface area contributed by atoms with Crippen molar-refractivity contribution in [1.82, 2.24) is 5.32 Å². The minimum atomic E-state index is -0.906. The predicted molar refractivity (Wildman–Crippen MR) is 75.6 cm³/mol. The molecule has 0 aliphatic carbocycles. The van der Waals surface area contributed by atoms with Gasteiger partial charge in [0.1, 0.15) is 11.4 Å². The van der Waals surface area contributed by atoms with E-state index in [0.29, 0.717) is 37.2 Å². The van der Waals surface area contributed by atoms with Gasteiger partial charge in [-0.2, -0.15) is 0 Å². The fourth-order valence-electron chi connectivity index (χ4n) is 2.41. The number of nitrogens with zero attached hydrogens (tertiary/aromatic N) is 1. The number of nitrogens with two attached hydrogens (primary N) is 1. The summed E-state index contributed by atoms with van der Waals surface area (Å²) in [5, 5.41) is 25.1. The van der Waals surface area contributed by atoms with Crippen molar-refractivity contribution in [2.24, 2.45) is 10.9 Å². The van der Waals surface area contributed by atoms with E-state index in [1.165, 1.54) is 12.1 Å². The zero-order valence-electron chi connectivity index (χ0n) is 11.8. The second kappa shape index (κ2) is 6.38. The van der Waals surface area contributed by atoms with Crippen molar-refractivity contribution in [2.75, 3.05) is 13.2 Å². The summed E-state index contributed by atoms with van der Waals surface area (Å²) in [5.41, 5.74) is 5.64. The average Bonchev–Trinajstić information content (AvgIpc) is 2.79. The third kappa shape index (κ3) is 3.49. The first-order valence-electron chi connectivity index (χ1n) is 6.77. The zero-order chi connectivity index (χ0) is 15.5. The molecule has 0 amide bonds. The molecule has 0 bridgehead atoms. The highest BCUT2D eigenvalue weighted by Gasteiger charge is 2.38. The Kier molecular flexibility index (Phi) is 4.76. The molecule has 0 spiro atoms. The average molecular weight is 297 g/mol. The van der Waals surface area contributed by atoms with E-state index in [1.807, 2.05) is 6.92 Å². The number of hydrogen-bond acceptors (Lipinski definition) is 5. The van der Waals surface area contributed by atoms with Crippen LogP contribution >= 0.6 is 0 Å². The normalized spacial score (nSPS) is 26.2. The van der Waals surface area contributed by atoms with Crippen LogP contribution < -0.4 is 11.1 Å². The van der Waals surface area contributed by atoms with Crippen molar-refractivity contribution in [3.05, 3.63) is 35.1 Å². The number of benzene rings is 1. The standard InChI is InChI=1S/C14H20FN3O3/c1-9-14(19,4-5-21-9)8-17-7-10-2-3-11(15)6-12(10)13(16)18-20/h2-3,6,9,17,19-20H,4-5,7-8H2,1H3,(H2,16,18). The van der Waals surface area contributed by atoms with Crippen molar-refractivity contribution in [1.29, 1.82) is 0 Å². The Morgan fingerprint density at radius 2 is 2.38 bits per heavy atom. The van der Waals surface area contributed by atoms with Gasteiger partial charge in [-0.1, -0.05) is 11.2 Å². The van der Waals surface area contributed by atoms with Crippen molar-refractivity contribution in [3.63, 3.8) is 0 Å². The second-order valence-corrected chi connectivity index (χ2v) is 5.26. The Morgan fingerprint density at radius 1 is 1.62 bits per heavy atom. The SMILES string of the molecule is CC1OCCC1(O)CNCc1ccc(F)cc1/C(N)=N/O. The van der Waals surface area contributed by atoms with E-state index in [-0.39, 0.29) is 11.9 Å². The highest BCUT2D eigenvalue weighted by molar-refractivity contribution is 5.98. The van der Waals surface area contributed by atoms with Crippen LogP contribution in [-0.2, 0) is 11.3 Å². The van der Waals surface area contributed by atoms with Gasteiger partial charge < -0.3 is 26.1 Å². The number of oxime groups is 1. The lowest BCUT2D eigenvalue weighted by molar-refractivity contribution is -0.0263. The summed E-state index contributed by atoms with van der Waals surface area (Å²) >= 11 is 0. The Bertz CT molecular complexity index is 538. The molecule has 0 aromatic heterocycles. The monoisotopic (exact) mass is 297 g/mol. The molecule has 1 fully saturated rings. The van der Waals surface area contributed by atoms with Crippen LogP contribution in [0.15, 0.2) is 23.4 Å². The number of ether oxygens (including phenoxy) is 1. The van der Waals surface area contributed by atoms with Gasteiger partial charge in [0.2, 0.25) is 0 Å². The van der Waals surface area contributed by atoms with Crippen LogP contribution in [0.5, 0.6) is 0 Å². The Morgan fingerprint density at radius 3 is 3.00 bits per heavy atom. The molecular formula is C14H20FN3O3. The fourth-order valence-corrected chi connectivity index (χ4v) is 2.41. The first-order valence-corrected chi connectivity index (χ1v) is 6.77. The largest absolute Gasteiger partial charge is 0.409 e. The topological polar surface area (TPSA) is 100 Å². The van der Waals surface area contributed by atoms with Crippen molar-refractivity contribution < 1.29 is 19.4 Å². The van der Waals surface area contributed by atoms with Gasteiger partial charge in [-0.15, -0.1) is 0 Å². The molecule has 1 aliphatic rings. The predicted octanol–water partition coefficient (Wildman–Crippen LogP) is 0.550. The molecule has 1 aromatic rings. The Balaban J connectivity index is 2.03. The number of hydrogen-bond donors (Lipinski definition) is 4. The summed E-state index contributed by atoms with van der Waals surface area (Å²) < 4.78 is 18.6. The van der Waals surface area contributed by atoms with Gasteiger partial charge in [-0.3, -0.25) is 0 Å². The van der Waals surface area contributed by atoms with Gasteiger partial charge in [-0.25, -0.2) is 4.39 Å². The molecule has 7 heteroatoms. The Hall–Kier alpha value is -1.70. The summed E-state index contributed by atoms with van der Waals surface area (Å²) in [6.45, 7) is 3.07. The molecule has 21 heavy (non-hydrogen) atoms. The van der Waals surface area contributed by atoms with E-state index in [9.17, 15) is 9.50 Å².